The van der Waals surface area contributed by atoms with Gasteiger partial charge < -0.3 is 0 Å². The number of rotatable bonds is 4. The highest BCUT2D eigenvalue weighted by Gasteiger charge is 2.22. The number of sulfonamides is 1. The van der Waals surface area contributed by atoms with E-state index in [1.807, 2.05) is 0 Å². The van der Waals surface area contributed by atoms with Gasteiger partial charge in [-0.2, -0.15) is 4.31 Å². The first-order chi connectivity index (χ1) is 7.36. The molecule has 0 aliphatic rings. The molecule has 0 spiro atoms. The Balaban J connectivity index is 3.00. The van der Waals surface area contributed by atoms with Gasteiger partial charge in [0.1, 0.15) is 5.82 Å². The molecule has 0 saturated heterocycles. The van der Waals surface area contributed by atoms with Crippen molar-refractivity contribution in [1.82, 2.24) is 4.31 Å². The Kier molecular flexibility index (Phi) is 4.04. The zero-order valence-corrected chi connectivity index (χ0v) is 10.5. The summed E-state index contributed by atoms with van der Waals surface area (Å²) >= 11 is 0. The maximum atomic E-state index is 12.7. The summed E-state index contributed by atoms with van der Waals surface area (Å²) in [5, 5.41) is 0. The second-order valence-corrected chi connectivity index (χ2v) is 5.63. The predicted octanol–water partition coefficient (Wildman–Crippen LogP) is 2.17. The molecule has 0 saturated carbocycles. The van der Waals surface area contributed by atoms with Gasteiger partial charge in [0.2, 0.25) is 10.0 Å². The third-order valence-corrected chi connectivity index (χ3v) is 3.95. The molecule has 0 amide bonds. The smallest absolute Gasteiger partial charge is 0.211 e. The Hall–Kier alpha value is -0.940. The largest absolute Gasteiger partial charge is 0.212 e. The molecule has 1 atom stereocenters. The summed E-state index contributed by atoms with van der Waals surface area (Å²) in [5.74, 6) is -0.321. The average molecular weight is 245 g/mol. The van der Waals surface area contributed by atoms with E-state index in [0.29, 0.717) is 6.54 Å². The fourth-order valence-electron chi connectivity index (χ4n) is 1.70. The van der Waals surface area contributed by atoms with E-state index in [-0.39, 0.29) is 11.9 Å². The summed E-state index contributed by atoms with van der Waals surface area (Å²) in [6.07, 6.45) is 1.18. The molecular weight excluding hydrogens is 229 g/mol. The van der Waals surface area contributed by atoms with Crippen LogP contribution in [-0.2, 0) is 10.0 Å². The molecule has 0 bridgehead atoms. The quantitative estimate of drug-likeness (QED) is 0.815. The van der Waals surface area contributed by atoms with Crippen molar-refractivity contribution in [3.05, 3.63) is 35.6 Å². The van der Waals surface area contributed by atoms with E-state index < -0.39 is 10.0 Å². The Morgan fingerprint density at radius 3 is 2.19 bits per heavy atom. The molecule has 0 aliphatic heterocycles. The summed E-state index contributed by atoms with van der Waals surface area (Å²) in [5.41, 5.74) is 0.786. The summed E-state index contributed by atoms with van der Waals surface area (Å²) < 4.78 is 37.1. The van der Waals surface area contributed by atoms with Crippen LogP contribution in [0, 0.1) is 5.82 Å². The topological polar surface area (TPSA) is 37.4 Å². The fourth-order valence-corrected chi connectivity index (χ4v) is 2.87. The van der Waals surface area contributed by atoms with Crippen molar-refractivity contribution in [1.29, 1.82) is 0 Å². The Labute approximate surface area is 95.9 Å². The molecule has 0 aromatic heterocycles. The van der Waals surface area contributed by atoms with E-state index in [9.17, 15) is 12.8 Å². The third-order valence-electron chi connectivity index (χ3n) is 2.52. The SMILES string of the molecule is CCN(C(C)c1ccc(F)cc1)S(C)(=O)=O. The van der Waals surface area contributed by atoms with Crippen LogP contribution in [0.2, 0.25) is 0 Å². The normalized spacial score (nSPS) is 14.1. The molecule has 0 N–H and O–H groups in total. The van der Waals surface area contributed by atoms with Crippen LogP contribution in [0.1, 0.15) is 25.5 Å². The van der Waals surface area contributed by atoms with E-state index in [1.165, 1.54) is 22.7 Å². The number of halogens is 1. The van der Waals surface area contributed by atoms with Crippen molar-refractivity contribution in [2.45, 2.75) is 19.9 Å². The maximum Gasteiger partial charge on any atom is 0.211 e. The van der Waals surface area contributed by atoms with Crippen LogP contribution in [0.15, 0.2) is 24.3 Å². The number of hydrogen-bond donors (Lipinski definition) is 0. The molecule has 0 heterocycles. The van der Waals surface area contributed by atoms with Crippen LogP contribution in [0.4, 0.5) is 4.39 Å². The molecule has 1 aromatic carbocycles. The fraction of sp³-hybridized carbons (Fsp3) is 0.455. The molecule has 0 radical (unpaired) electrons. The van der Waals surface area contributed by atoms with Crippen LogP contribution >= 0.6 is 0 Å². The second kappa shape index (κ2) is 4.93. The average Bonchev–Trinajstić information content (AvgIpc) is 2.17. The first-order valence-corrected chi connectivity index (χ1v) is 6.93. The van der Waals surface area contributed by atoms with Gasteiger partial charge >= 0.3 is 0 Å². The maximum absolute atomic E-state index is 12.7. The number of hydrogen-bond acceptors (Lipinski definition) is 2. The van der Waals surface area contributed by atoms with Crippen LogP contribution in [-0.4, -0.2) is 25.5 Å². The molecule has 1 unspecified atom stereocenters. The van der Waals surface area contributed by atoms with Crippen LogP contribution in [0.3, 0.4) is 0 Å². The van der Waals surface area contributed by atoms with E-state index >= 15 is 0 Å². The van der Waals surface area contributed by atoms with Gasteiger partial charge in [0.15, 0.2) is 0 Å². The van der Waals surface area contributed by atoms with Crippen molar-refractivity contribution in [2.75, 3.05) is 12.8 Å². The molecule has 0 aliphatic carbocycles. The monoisotopic (exact) mass is 245 g/mol. The zero-order chi connectivity index (χ0) is 12.3. The van der Waals surface area contributed by atoms with Crippen molar-refractivity contribution >= 4 is 10.0 Å². The Bertz CT molecular complexity index is 442. The number of benzene rings is 1. The first-order valence-electron chi connectivity index (χ1n) is 5.08. The van der Waals surface area contributed by atoms with E-state index in [1.54, 1.807) is 26.0 Å². The van der Waals surface area contributed by atoms with Crippen LogP contribution < -0.4 is 0 Å². The summed E-state index contributed by atoms with van der Waals surface area (Å²) in [6, 6.07) is 5.60. The van der Waals surface area contributed by atoms with Gasteiger partial charge in [0.25, 0.3) is 0 Å². The summed E-state index contributed by atoms with van der Waals surface area (Å²) in [6.45, 7) is 3.97. The molecule has 90 valence electrons. The van der Waals surface area contributed by atoms with Crippen molar-refractivity contribution < 1.29 is 12.8 Å². The Morgan fingerprint density at radius 2 is 1.81 bits per heavy atom. The zero-order valence-electron chi connectivity index (χ0n) is 9.64. The molecular formula is C11H16FNO2S. The lowest BCUT2D eigenvalue weighted by Gasteiger charge is -2.25. The minimum Gasteiger partial charge on any atom is -0.212 e. The van der Waals surface area contributed by atoms with Gasteiger partial charge in [0, 0.05) is 12.6 Å². The lowest BCUT2D eigenvalue weighted by Crippen LogP contribution is -2.32. The minimum absolute atomic E-state index is 0.277. The summed E-state index contributed by atoms with van der Waals surface area (Å²) in [4.78, 5) is 0. The van der Waals surface area contributed by atoms with Crippen molar-refractivity contribution in [3.63, 3.8) is 0 Å². The van der Waals surface area contributed by atoms with Gasteiger partial charge in [-0.05, 0) is 24.6 Å². The van der Waals surface area contributed by atoms with Crippen molar-refractivity contribution in [3.8, 4) is 0 Å². The lowest BCUT2D eigenvalue weighted by molar-refractivity contribution is 0.360. The molecule has 0 fully saturated rings. The van der Waals surface area contributed by atoms with Gasteiger partial charge in [-0.25, -0.2) is 12.8 Å². The number of nitrogens with zero attached hydrogens (tertiary/aromatic N) is 1. The lowest BCUT2D eigenvalue weighted by atomic mass is 10.1. The minimum atomic E-state index is -3.23. The highest BCUT2D eigenvalue weighted by molar-refractivity contribution is 7.88. The van der Waals surface area contributed by atoms with Gasteiger partial charge in [-0.3, -0.25) is 0 Å². The Morgan fingerprint density at radius 1 is 1.31 bits per heavy atom. The van der Waals surface area contributed by atoms with Gasteiger partial charge in [0.05, 0.1) is 6.26 Å². The molecule has 16 heavy (non-hydrogen) atoms. The highest BCUT2D eigenvalue weighted by Crippen LogP contribution is 2.22. The summed E-state index contributed by atoms with van der Waals surface area (Å²) in [7, 11) is -3.23. The van der Waals surface area contributed by atoms with E-state index in [2.05, 4.69) is 0 Å². The second-order valence-electron chi connectivity index (χ2n) is 3.69. The predicted molar refractivity (Wildman–Crippen MR) is 62.0 cm³/mol. The van der Waals surface area contributed by atoms with Crippen LogP contribution in [0.25, 0.3) is 0 Å². The molecule has 3 nitrogen and oxygen atoms in total. The first kappa shape index (κ1) is 13.1. The van der Waals surface area contributed by atoms with Gasteiger partial charge in [-0.15, -0.1) is 0 Å². The third kappa shape index (κ3) is 3.02. The van der Waals surface area contributed by atoms with E-state index in [0.717, 1.165) is 5.56 Å². The standard InChI is InChI=1S/C11H16FNO2S/c1-4-13(16(3,14)15)9(2)10-5-7-11(12)8-6-10/h5-9H,4H2,1-3H3. The van der Waals surface area contributed by atoms with Crippen molar-refractivity contribution in [2.24, 2.45) is 0 Å². The highest BCUT2D eigenvalue weighted by atomic mass is 32.2. The van der Waals surface area contributed by atoms with Gasteiger partial charge in [-0.1, -0.05) is 19.1 Å². The molecule has 5 heteroatoms. The molecule has 1 aromatic rings. The molecule has 1 rings (SSSR count). The van der Waals surface area contributed by atoms with Crippen LogP contribution in [0.5, 0.6) is 0 Å². The van der Waals surface area contributed by atoms with E-state index in [4.69, 9.17) is 0 Å².